The van der Waals surface area contributed by atoms with Gasteiger partial charge in [0.05, 0.1) is 6.61 Å². The summed E-state index contributed by atoms with van der Waals surface area (Å²) in [4.78, 5) is 0. The van der Waals surface area contributed by atoms with Crippen LogP contribution in [0.1, 0.15) is 5.56 Å². The molecule has 0 heterocycles. The van der Waals surface area contributed by atoms with Gasteiger partial charge in [-0.25, -0.2) is 4.39 Å². The van der Waals surface area contributed by atoms with Crippen molar-refractivity contribution in [1.82, 2.24) is 5.32 Å². The minimum absolute atomic E-state index is 0.0329. The number of rotatable bonds is 6. The number of hydrogen-bond acceptors (Lipinski definition) is 2. The zero-order chi connectivity index (χ0) is 12.7. The lowest BCUT2D eigenvalue weighted by Crippen LogP contribution is -2.23. The van der Waals surface area contributed by atoms with Gasteiger partial charge in [0, 0.05) is 13.1 Å². The molecular formula is C11H13F4NO. The minimum atomic E-state index is -4.29. The summed E-state index contributed by atoms with van der Waals surface area (Å²) in [5.41, 5.74) is 0.737. The van der Waals surface area contributed by atoms with Crippen LogP contribution in [0.3, 0.4) is 0 Å². The van der Waals surface area contributed by atoms with E-state index in [0.717, 1.165) is 5.56 Å². The molecule has 6 heteroatoms. The van der Waals surface area contributed by atoms with Crippen LogP contribution in [0.4, 0.5) is 17.6 Å². The third-order valence-corrected chi connectivity index (χ3v) is 1.91. The maximum absolute atomic E-state index is 12.8. The number of ether oxygens (including phenoxy) is 1. The quantitative estimate of drug-likeness (QED) is 0.619. The number of halogens is 4. The van der Waals surface area contributed by atoms with Crippen molar-refractivity contribution in [3.05, 3.63) is 35.6 Å². The van der Waals surface area contributed by atoms with E-state index >= 15 is 0 Å². The van der Waals surface area contributed by atoms with Crippen molar-refractivity contribution >= 4 is 0 Å². The van der Waals surface area contributed by atoms with Gasteiger partial charge >= 0.3 is 6.18 Å². The third-order valence-electron chi connectivity index (χ3n) is 1.91. The van der Waals surface area contributed by atoms with Crippen LogP contribution in [0.25, 0.3) is 0 Å². The van der Waals surface area contributed by atoms with Crippen molar-refractivity contribution in [2.24, 2.45) is 0 Å². The topological polar surface area (TPSA) is 21.3 Å². The maximum Gasteiger partial charge on any atom is 0.411 e. The lowest BCUT2D eigenvalue weighted by molar-refractivity contribution is -0.173. The summed E-state index contributed by atoms with van der Waals surface area (Å²) in [6.07, 6.45) is -4.29. The maximum atomic E-state index is 12.8. The van der Waals surface area contributed by atoms with Crippen LogP contribution in [0, 0.1) is 5.82 Å². The summed E-state index contributed by atoms with van der Waals surface area (Å²) in [6, 6.07) is 6.00. The van der Waals surface area contributed by atoms with Gasteiger partial charge in [-0.3, -0.25) is 0 Å². The summed E-state index contributed by atoms with van der Waals surface area (Å²) >= 11 is 0. The third kappa shape index (κ3) is 6.91. The number of alkyl halides is 3. The molecule has 0 amide bonds. The summed E-state index contributed by atoms with van der Waals surface area (Å²) in [5, 5.41) is 2.86. The molecule has 0 spiro atoms. The minimum Gasteiger partial charge on any atom is -0.371 e. The standard InChI is InChI=1S/C11H13F4NO/c12-10-3-1-2-9(6-10)7-16-4-5-17-8-11(13,14)15/h1-3,6,16H,4-5,7-8H2. The molecule has 0 aliphatic heterocycles. The van der Waals surface area contributed by atoms with Crippen molar-refractivity contribution in [1.29, 1.82) is 0 Å². The molecular weight excluding hydrogens is 238 g/mol. The Hall–Kier alpha value is -1.14. The zero-order valence-corrected chi connectivity index (χ0v) is 9.06. The molecule has 0 aromatic heterocycles. The Balaban J connectivity index is 2.09. The first-order chi connectivity index (χ1) is 7.97. The molecule has 0 atom stereocenters. The summed E-state index contributed by atoms with van der Waals surface area (Å²) < 4.78 is 52.2. The average molecular weight is 251 g/mol. The van der Waals surface area contributed by atoms with Crippen LogP contribution in [-0.4, -0.2) is 25.9 Å². The molecule has 0 unspecified atom stereocenters. The van der Waals surface area contributed by atoms with Gasteiger partial charge in [-0.2, -0.15) is 13.2 Å². The normalized spacial score (nSPS) is 11.8. The van der Waals surface area contributed by atoms with E-state index < -0.39 is 12.8 Å². The molecule has 0 aliphatic rings. The van der Waals surface area contributed by atoms with Crippen molar-refractivity contribution < 1.29 is 22.3 Å². The second-order valence-corrected chi connectivity index (χ2v) is 3.47. The molecule has 0 bridgehead atoms. The van der Waals surface area contributed by atoms with Crippen LogP contribution in [-0.2, 0) is 11.3 Å². The largest absolute Gasteiger partial charge is 0.411 e. The van der Waals surface area contributed by atoms with E-state index in [1.54, 1.807) is 12.1 Å². The highest BCUT2D eigenvalue weighted by Gasteiger charge is 2.27. The monoisotopic (exact) mass is 251 g/mol. The fraction of sp³-hybridized carbons (Fsp3) is 0.455. The van der Waals surface area contributed by atoms with Crippen LogP contribution in [0.2, 0.25) is 0 Å². The summed E-state index contributed by atoms with van der Waals surface area (Å²) in [5.74, 6) is -0.336. The predicted octanol–water partition coefficient (Wildman–Crippen LogP) is 2.49. The van der Waals surface area contributed by atoms with E-state index in [1.807, 2.05) is 0 Å². The van der Waals surface area contributed by atoms with Crippen molar-refractivity contribution in [2.75, 3.05) is 19.8 Å². The van der Waals surface area contributed by atoms with Crippen molar-refractivity contribution in [3.8, 4) is 0 Å². The average Bonchev–Trinajstić information content (AvgIpc) is 2.22. The molecule has 1 aromatic carbocycles. The Labute approximate surface area is 96.6 Å². The highest BCUT2D eigenvalue weighted by atomic mass is 19.4. The first-order valence-corrected chi connectivity index (χ1v) is 5.07. The van der Waals surface area contributed by atoms with Crippen molar-refractivity contribution in [2.45, 2.75) is 12.7 Å². The van der Waals surface area contributed by atoms with Gasteiger partial charge in [0.15, 0.2) is 0 Å². The molecule has 1 aromatic rings. The Bertz CT molecular complexity index is 340. The summed E-state index contributed by atoms with van der Waals surface area (Å²) in [6.45, 7) is -0.594. The molecule has 0 radical (unpaired) electrons. The van der Waals surface area contributed by atoms with Gasteiger partial charge in [-0.05, 0) is 17.7 Å². The molecule has 0 aliphatic carbocycles. The van der Waals surface area contributed by atoms with Gasteiger partial charge < -0.3 is 10.1 Å². The molecule has 17 heavy (non-hydrogen) atoms. The molecule has 96 valence electrons. The van der Waals surface area contributed by atoms with Gasteiger partial charge in [0.1, 0.15) is 12.4 Å². The Morgan fingerprint density at radius 1 is 1.24 bits per heavy atom. The molecule has 0 fully saturated rings. The molecule has 2 nitrogen and oxygen atoms in total. The Morgan fingerprint density at radius 3 is 2.65 bits per heavy atom. The zero-order valence-electron chi connectivity index (χ0n) is 9.06. The van der Waals surface area contributed by atoms with Crippen LogP contribution < -0.4 is 5.32 Å². The smallest absolute Gasteiger partial charge is 0.371 e. The molecule has 0 saturated carbocycles. The van der Waals surface area contributed by atoms with Crippen LogP contribution in [0.5, 0.6) is 0 Å². The second-order valence-electron chi connectivity index (χ2n) is 3.47. The van der Waals surface area contributed by atoms with E-state index in [0.29, 0.717) is 6.54 Å². The second kappa shape index (κ2) is 6.56. The van der Waals surface area contributed by atoms with Crippen molar-refractivity contribution in [3.63, 3.8) is 0 Å². The number of hydrogen-bond donors (Lipinski definition) is 1. The van der Waals surface area contributed by atoms with Gasteiger partial charge in [-0.1, -0.05) is 12.1 Å². The Morgan fingerprint density at radius 2 is 2.00 bits per heavy atom. The predicted molar refractivity (Wildman–Crippen MR) is 55.0 cm³/mol. The highest BCUT2D eigenvalue weighted by Crippen LogP contribution is 2.13. The van der Waals surface area contributed by atoms with E-state index in [4.69, 9.17) is 0 Å². The van der Waals surface area contributed by atoms with Crippen LogP contribution >= 0.6 is 0 Å². The van der Waals surface area contributed by atoms with E-state index in [1.165, 1.54) is 12.1 Å². The fourth-order valence-electron chi connectivity index (χ4n) is 1.21. The first kappa shape index (κ1) is 13.9. The van der Waals surface area contributed by atoms with E-state index in [9.17, 15) is 17.6 Å². The number of nitrogens with one attached hydrogen (secondary N) is 1. The molecule has 1 rings (SSSR count). The SMILES string of the molecule is Fc1cccc(CNCCOCC(F)(F)F)c1. The Kier molecular flexibility index (Phi) is 5.37. The van der Waals surface area contributed by atoms with E-state index in [2.05, 4.69) is 10.1 Å². The molecule has 0 saturated heterocycles. The fourth-order valence-corrected chi connectivity index (χ4v) is 1.21. The number of benzene rings is 1. The lowest BCUT2D eigenvalue weighted by atomic mass is 10.2. The van der Waals surface area contributed by atoms with Gasteiger partial charge in [-0.15, -0.1) is 0 Å². The van der Waals surface area contributed by atoms with Gasteiger partial charge in [0.2, 0.25) is 0 Å². The molecule has 1 N–H and O–H groups in total. The van der Waals surface area contributed by atoms with Crippen LogP contribution in [0.15, 0.2) is 24.3 Å². The summed E-state index contributed by atoms with van der Waals surface area (Å²) in [7, 11) is 0. The van der Waals surface area contributed by atoms with Gasteiger partial charge in [0.25, 0.3) is 0 Å². The van der Waals surface area contributed by atoms with E-state index in [-0.39, 0.29) is 19.0 Å². The lowest BCUT2D eigenvalue weighted by Gasteiger charge is -2.08. The first-order valence-electron chi connectivity index (χ1n) is 5.07. The highest BCUT2D eigenvalue weighted by molar-refractivity contribution is 5.15.